The normalized spacial score (nSPS) is 10.8. The number of hydrogen-bond acceptors (Lipinski definition) is 5. The SMILES string of the molecule is O=C(Cn1nnn(-c2cccs2)c1=O)c1cc(F)ccc1F. The van der Waals surface area contributed by atoms with E-state index in [-0.39, 0.29) is 0 Å². The van der Waals surface area contributed by atoms with Crippen LogP contribution in [0.4, 0.5) is 8.78 Å². The molecule has 0 saturated carbocycles. The Morgan fingerprint density at radius 3 is 2.77 bits per heavy atom. The molecule has 0 spiro atoms. The van der Waals surface area contributed by atoms with E-state index in [0.717, 1.165) is 27.6 Å². The van der Waals surface area contributed by atoms with Gasteiger partial charge < -0.3 is 0 Å². The number of carbonyl (C=O) groups excluding carboxylic acids is 1. The minimum absolute atomic E-state index is 0.433. The number of hydrogen-bond donors (Lipinski definition) is 0. The Kier molecular flexibility index (Phi) is 3.63. The molecule has 0 aliphatic heterocycles. The van der Waals surface area contributed by atoms with Crippen molar-refractivity contribution in [2.75, 3.05) is 0 Å². The highest BCUT2D eigenvalue weighted by Crippen LogP contribution is 2.12. The molecule has 0 bridgehead atoms. The van der Waals surface area contributed by atoms with Crippen LogP contribution in [0.5, 0.6) is 0 Å². The fraction of sp³-hybridized carbons (Fsp3) is 0.0769. The molecule has 0 N–H and O–H groups in total. The number of carbonyl (C=O) groups is 1. The van der Waals surface area contributed by atoms with Gasteiger partial charge in [-0.2, -0.15) is 9.36 Å². The average molecular weight is 322 g/mol. The molecule has 0 unspecified atom stereocenters. The highest BCUT2D eigenvalue weighted by Gasteiger charge is 2.17. The number of Topliss-reactive ketones (excluding diaryl/α,β-unsaturated/α-hetero) is 1. The number of tetrazole rings is 1. The lowest BCUT2D eigenvalue weighted by atomic mass is 10.1. The summed E-state index contributed by atoms with van der Waals surface area (Å²) in [6, 6.07) is 5.95. The Morgan fingerprint density at radius 1 is 1.23 bits per heavy atom. The largest absolute Gasteiger partial charge is 0.369 e. The number of aromatic nitrogens is 4. The number of ketones is 1. The molecule has 6 nitrogen and oxygen atoms in total. The van der Waals surface area contributed by atoms with Crippen LogP contribution in [-0.2, 0) is 6.54 Å². The summed E-state index contributed by atoms with van der Waals surface area (Å²) in [6.45, 7) is -0.523. The van der Waals surface area contributed by atoms with E-state index in [9.17, 15) is 18.4 Å². The van der Waals surface area contributed by atoms with Crippen molar-refractivity contribution in [2.45, 2.75) is 6.54 Å². The summed E-state index contributed by atoms with van der Waals surface area (Å²) < 4.78 is 28.5. The van der Waals surface area contributed by atoms with E-state index in [2.05, 4.69) is 10.4 Å². The van der Waals surface area contributed by atoms with Crippen LogP contribution in [-0.4, -0.2) is 25.6 Å². The summed E-state index contributed by atoms with van der Waals surface area (Å²) in [7, 11) is 0. The molecule has 0 amide bonds. The first-order valence-electron chi connectivity index (χ1n) is 6.11. The standard InChI is InChI=1S/C13H8F2N4O2S/c14-8-3-4-10(15)9(6-8)11(20)7-18-13(21)19(17-16-18)12-2-1-5-22-12/h1-6H,7H2. The highest BCUT2D eigenvalue weighted by atomic mass is 32.1. The Labute approximate surface area is 126 Å². The second-order valence-corrected chi connectivity index (χ2v) is 5.26. The minimum Gasteiger partial charge on any atom is -0.292 e. The number of thiophene rings is 1. The zero-order valence-corrected chi connectivity index (χ0v) is 11.8. The van der Waals surface area contributed by atoms with Crippen molar-refractivity contribution in [1.29, 1.82) is 0 Å². The van der Waals surface area contributed by atoms with E-state index in [1.165, 1.54) is 11.3 Å². The van der Waals surface area contributed by atoms with Crippen molar-refractivity contribution in [3.05, 3.63) is 63.4 Å². The lowest BCUT2D eigenvalue weighted by molar-refractivity contribution is 0.0961. The predicted molar refractivity (Wildman–Crippen MR) is 74.2 cm³/mol. The summed E-state index contributed by atoms with van der Waals surface area (Å²) >= 11 is 1.28. The number of nitrogens with zero attached hydrogens (tertiary/aromatic N) is 4. The molecule has 3 rings (SSSR count). The summed E-state index contributed by atoms with van der Waals surface area (Å²) in [6.07, 6.45) is 0. The monoisotopic (exact) mass is 322 g/mol. The molecule has 0 fully saturated rings. The zero-order chi connectivity index (χ0) is 15.7. The van der Waals surface area contributed by atoms with Crippen molar-refractivity contribution >= 4 is 17.1 Å². The van der Waals surface area contributed by atoms with Crippen LogP contribution in [0.15, 0.2) is 40.5 Å². The van der Waals surface area contributed by atoms with Gasteiger partial charge in [0, 0.05) is 0 Å². The maximum atomic E-state index is 13.5. The molecule has 1 aromatic carbocycles. The van der Waals surface area contributed by atoms with E-state index in [0.29, 0.717) is 5.00 Å². The first-order valence-corrected chi connectivity index (χ1v) is 6.99. The van der Waals surface area contributed by atoms with Crippen molar-refractivity contribution in [3.8, 4) is 5.00 Å². The zero-order valence-electron chi connectivity index (χ0n) is 10.9. The Hall–Kier alpha value is -2.68. The van der Waals surface area contributed by atoms with Crippen molar-refractivity contribution in [3.63, 3.8) is 0 Å². The Balaban J connectivity index is 1.89. The molecular formula is C13H8F2N4O2S. The Morgan fingerprint density at radius 2 is 2.05 bits per heavy atom. The number of rotatable bonds is 4. The first-order chi connectivity index (χ1) is 10.6. The van der Waals surface area contributed by atoms with Crippen LogP contribution < -0.4 is 5.69 Å². The quantitative estimate of drug-likeness (QED) is 0.685. The second-order valence-electron chi connectivity index (χ2n) is 4.33. The van der Waals surface area contributed by atoms with Gasteiger partial charge >= 0.3 is 5.69 Å². The van der Waals surface area contributed by atoms with Gasteiger partial charge in [-0.05, 0) is 46.1 Å². The van der Waals surface area contributed by atoms with Crippen LogP contribution in [0.3, 0.4) is 0 Å². The third-order valence-corrected chi connectivity index (χ3v) is 3.72. The molecule has 2 aromatic heterocycles. The molecule has 112 valence electrons. The van der Waals surface area contributed by atoms with Crippen LogP contribution >= 0.6 is 11.3 Å². The van der Waals surface area contributed by atoms with Crippen LogP contribution in [0.1, 0.15) is 10.4 Å². The van der Waals surface area contributed by atoms with Gasteiger partial charge in [0.05, 0.1) is 5.56 Å². The molecule has 0 atom stereocenters. The van der Waals surface area contributed by atoms with Crippen LogP contribution in [0, 0.1) is 11.6 Å². The summed E-state index contributed by atoms with van der Waals surface area (Å²) in [5.74, 6) is -2.36. The fourth-order valence-electron chi connectivity index (χ4n) is 1.83. The predicted octanol–water partition coefficient (Wildman–Crippen LogP) is 1.65. The van der Waals surface area contributed by atoms with E-state index in [1.54, 1.807) is 17.5 Å². The van der Waals surface area contributed by atoms with Gasteiger partial charge in [0.1, 0.15) is 23.2 Å². The fourth-order valence-corrected chi connectivity index (χ4v) is 2.50. The lowest BCUT2D eigenvalue weighted by Gasteiger charge is -2.01. The minimum atomic E-state index is -0.856. The first kappa shape index (κ1) is 14.3. The topological polar surface area (TPSA) is 69.8 Å². The van der Waals surface area contributed by atoms with Gasteiger partial charge in [-0.15, -0.1) is 11.3 Å². The number of benzene rings is 1. The summed E-state index contributed by atoms with van der Waals surface area (Å²) in [4.78, 5) is 24.1. The second kappa shape index (κ2) is 5.60. The maximum absolute atomic E-state index is 13.5. The highest BCUT2D eigenvalue weighted by molar-refractivity contribution is 7.12. The van der Waals surface area contributed by atoms with Gasteiger partial charge in [0.25, 0.3) is 0 Å². The molecule has 0 radical (unpaired) electrons. The third-order valence-electron chi connectivity index (χ3n) is 2.88. The van der Waals surface area contributed by atoms with Crippen molar-refractivity contribution in [2.24, 2.45) is 0 Å². The van der Waals surface area contributed by atoms with Gasteiger partial charge in [0.15, 0.2) is 5.78 Å². The van der Waals surface area contributed by atoms with Gasteiger partial charge in [0.2, 0.25) is 0 Å². The molecule has 3 aromatic rings. The van der Waals surface area contributed by atoms with Gasteiger partial charge in [-0.3, -0.25) is 4.79 Å². The van der Waals surface area contributed by atoms with Crippen molar-refractivity contribution in [1.82, 2.24) is 19.8 Å². The molecule has 0 aliphatic carbocycles. The van der Waals surface area contributed by atoms with Gasteiger partial charge in [-0.1, -0.05) is 0 Å². The van der Waals surface area contributed by atoms with Crippen LogP contribution in [0.2, 0.25) is 0 Å². The lowest BCUT2D eigenvalue weighted by Crippen LogP contribution is -2.27. The summed E-state index contributed by atoms with van der Waals surface area (Å²) in [5.41, 5.74) is -1.06. The Bertz CT molecular complexity index is 886. The molecule has 2 heterocycles. The average Bonchev–Trinajstić information content (AvgIpc) is 3.12. The van der Waals surface area contributed by atoms with E-state index in [1.807, 2.05) is 0 Å². The van der Waals surface area contributed by atoms with Crippen molar-refractivity contribution < 1.29 is 13.6 Å². The third kappa shape index (κ3) is 2.58. The molecule has 0 saturated heterocycles. The van der Waals surface area contributed by atoms with E-state index < -0.39 is 35.2 Å². The van der Waals surface area contributed by atoms with E-state index in [4.69, 9.17) is 0 Å². The number of halogens is 2. The van der Waals surface area contributed by atoms with E-state index >= 15 is 0 Å². The molecular weight excluding hydrogens is 314 g/mol. The molecule has 0 aliphatic rings. The van der Waals surface area contributed by atoms with Crippen LogP contribution in [0.25, 0.3) is 5.00 Å². The van der Waals surface area contributed by atoms with Gasteiger partial charge in [-0.25, -0.2) is 13.6 Å². The summed E-state index contributed by atoms with van der Waals surface area (Å²) in [5, 5.41) is 9.53. The molecule has 22 heavy (non-hydrogen) atoms. The molecule has 9 heteroatoms. The maximum Gasteiger partial charge on any atom is 0.369 e. The smallest absolute Gasteiger partial charge is 0.292 e.